The summed E-state index contributed by atoms with van der Waals surface area (Å²) in [5, 5.41) is 0. The zero-order chi connectivity index (χ0) is 11.4. The van der Waals surface area contributed by atoms with Crippen molar-refractivity contribution >= 4 is 0 Å². The minimum absolute atomic E-state index is 0.551. The quantitative estimate of drug-likeness (QED) is 0.841. The molecule has 1 aliphatic heterocycles. The van der Waals surface area contributed by atoms with Crippen LogP contribution >= 0.6 is 0 Å². The number of nitrogens with zero attached hydrogens (tertiary/aromatic N) is 1. The fourth-order valence-electron chi connectivity index (χ4n) is 2.73. The molecule has 0 amide bonds. The Morgan fingerprint density at radius 3 is 2.44 bits per heavy atom. The molecule has 1 fully saturated rings. The number of likely N-dealkylation sites (tertiary alicyclic amines) is 1. The van der Waals surface area contributed by atoms with E-state index in [0.717, 1.165) is 12.5 Å². The number of benzene rings is 1. The van der Waals surface area contributed by atoms with Crippen LogP contribution in [0.4, 0.5) is 0 Å². The summed E-state index contributed by atoms with van der Waals surface area (Å²) >= 11 is 0. The van der Waals surface area contributed by atoms with Gasteiger partial charge < -0.3 is 10.6 Å². The maximum atomic E-state index is 5.96. The van der Waals surface area contributed by atoms with Gasteiger partial charge in [0.2, 0.25) is 0 Å². The average molecular weight is 218 g/mol. The van der Waals surface area contributed by atoms with E-state index in [9.17, 15) is 0 Å². The molecule has 0 radical (unpaired) electrons. The van der Waals surface area contributed by atoms with E-state index in [2.05, 4.69) is 42.3 Å². The topological polar surface area (TPSA) is 29.3 Å². The van der Waals surface area contributed by atoms with Gasteiger partial charge in [0, 0.05) is 0 Å². The first-order valence-corrected chi connectivity index (χ1v) is 6.25. The van der Waals surface area contributed by atoms with Crippen LogP contribution in [-0.4, -0.2) is 31.6 Å². The van der Waals surface area contributed by atoms with Gasteiger partial charge in [-0.05, 0) is 56.9 Å². The first kappa shape index (κ1) is 11.6. The summed E-state index contributed by atoms with van der Waals surface area (Å²) in [5.74, 6) is 1.32. The fraction of sp³-hybridized carbons (Fsp3) is 0.571. The van der Waals surface area contributed by atoms with Crippen molar-refractivity contribution in [2.45, 2.75) is 18.8 Å². The summed E-state index contributed by atoms with van der Waals surface area (Å²) in [5.41, 5.74) is 7.37. The second-order valence-corrected chi connectivity index (χ2v) is 4.89. The second-order valence-electron chi connectivity index (χ2n) is 4.89. The Balaban J connectivity index is 2.05. The summed E-state index contributed by atoms with van der Waals surface area (Å²) < 4.78 is 0. The molecule has 1 aromatic rings. The van der Waals surface area contributed by atoms with Crippen LogP contribution in [0.3, 0.4) is 0 Å². The number of hydrogen-bond acceptors (Lipinski definition) is 2. The predicted octanol–water partition coefficient (Wildman–Crippen LogP) is 2.07. The molecule has 1 saturated heterocycles. The maximum absolute atomic E-state index is 5.96. The molecular weight excluding hydrogens is 196 g/mol. The molecule has 1 heterocycles. The van der Waals surface area contributed by atoms with Crippen LogP contribution in [0.15, 0.2) is 30.3 Å². The van der Waals surface area contributed by atoms with Gasteiger partial charge in [-0.2, -0.15) is 0 Å². The highest BCUT2D eigenvalue weighted by Gasteiger charge is 2.25. The van der Waals surface area contributed by atoms with Crippen molar-refractivity contribution in [1.82, 2.24) is 4.90 Å². The van der Waals surface area contributed by atoms with Crippen LogP contribution in [0, 0.1) is 5.92 Å². The van der Waals surface area contributed by atoms with E-state index in [-0.39, 0.29) is 0 Å². The molecule has 2 N–H and O–H groups in total. The second kappa shape index (κ2) is 5.46. The first-order valence-electron chi connectivity index (χ1n) is 6.25. The zero-order valence-electron chi connectivity index (χ0n) is 10.1. The molecule has 16 heavy (non-hydrogen) atoms. The molecule has 0 bridgehead atoms. The third-order valence-corrected chi connectivity index (χ3v) is 3.81. The maximum Gasteiger partial charge on any atom is -0.000555 e. The molecule has 2 rings (SSSR count). The van der Waals surface area contributed by atoms with Gasteiger partial charge in [-0.1, -0.05) is 30.3 Å². The minimum Gasteiger partial charge on any atom is -0.330 e. The fourth-order valence-corrected chi connectivity index (χ4v) is 2.73. The molecule has 0 aromatic heterocycles. The average Bonchev–Trinajstić information content (AvgIpc) is 2.34. The molecule has 88 valence electrons. The lowest BCUT2D eigenvalue weighted by Gasteiger charge is -2.34. The van der Waals surface area contributed by atoms with Crippen LogP contribution < -0.4 is 5.73 Å². The number of nitrogens with two attached hydrogens (primary N) is 1. The molecular formula is C14H22N2. The SMILES string of the molecule is CN1CCC([C@H](CN)c2ccccc2)CC1. The van der Waals surface area contributed by atoms with Gasteiger partial charge in [-0.15, -0.1) is 0 Å². The van der Waals surface area contributed by atoms with Crippen LogP contribution in [0.5, 0.6) is 0 Å². The Labute approximate surface area is 98.4 Å². The summed E-state index contributed by atoms with van der Waals surface area (Å²) in [6.07, 6.45) is 2.57. The normalized spacial score (nSPS) is 20.9. The minimum atomic E-state index is 0.551. The molecule has 1 aromatic carbocycles. The lowest BCUT2D eigenvalue weighted by molar-refractivity contribution is 0.199. The summed E-state index contributed by atoms with van der Waals surface area (Å²) in [7, 11) is 2.20. The molecule has 1 atom stereocenters. The Hall–Kier alpha value is -0.860. The Bertz CT molecular complexity index is 302. The van der Waals surface area contributed by atoms with Gasteiger partial charge in [0.15, 0.2) is 0 Å². The molecule has 0 spiro atoms. The van der Waals surface area contributed by atoms with Gasteiger partial charge >= 0.3 is 0 Å². The molecule has 2 heteroatoms. The van der Waals surface area contributed by atoms with Crippen molar-refractivity contribution in [3.63, 3.8) is 0 Å². The van der Waals surface area contributed by atoms with Gasteiger partial charge in [0.1, 0.15) is 0 Å². The van der Waals surface area contributed by atoms with Crippen LogP contribution in [0.2, 0.25) is 0 Å². The van der Waals surface area contributed by atoms with E-state index in [4.69, 9.17) is 5.73 Å². The van der Waals surface area contributed by atoms with Crippen molar-refractivity contribution in [1.29, 1.82) is 0 Å². The molecule has 2 nitrogen and oxygen atoms in total. The van der Waals surface area contributed by atoms with E-state index in [1.807, 2.05) is 0 Å². The highest BCUT2D eigenvalue weighted by atomic mass is 15.1. The number of piperidine rings is 1. The smallest absolute Gasteiger partial charge is 0.000555 e. The van der Waals surface area contributed by atoms with E-state index >= 15 is 0 Å². The predicted molar refractivity (Wildman–Crippen MR) is 68.5 cm³/mol. The molecule has 0 saturated carbocycles. The Morgan fingerprint density at radius 1 is 1.25 bits per heavy atom. The summed E-state index contributed by atoms with van der Waals surface area (Å²) in [4.78, 5) is 2.41. The lowest BCUT2D eigenvalue weighted by Crippen LogP contribution is -2.34. The van der Waals surface area contributed by atoms with E-state index < -0.39 is 0 Å². The molecule has 1 aliphatic rings. The van der Waals surface area contributed by atoms with Gasteiger partial charge in [-0.3, -0.25) is 0 Å². The van der Waals surface area contributed by atoms with Crippen molar-refractivity contribution < 1.29 is 0 Å². The van der Waals surface area contributed by atoms with Crippen molar-refractivity contribution in [2.75, 3.05) is 26.7 Å². The number of hydrogen-bond donors (Lipinski definition) is 1. The highest BCUT2D eigenvalue weighted by molar-refractivity contribution is 5.20. The van der Waals surface area contributed by atoms with Crippen molar-refractivity contribution in [2.24, 2.45) is 11.7 Å². The van der Waals surface area contributed by atoms with Gasteiger partial charge in [-0.25, -0.2) is 0 Å². The van der Waals surface area contributed by atoms with E-state index in [1.165, 1.54) is 31.5 Å². The third-order valence-electron chi connectivity index (χ3n) is 3.81. The summed E-state index contributed by atoms with van der Waals surface area (Å²) in [6.45, 7) is 3.21. The van der Waals surface area contributed by atoms with Crippen molar-refractivity contribution in [3.8, 4) is 0 Å². The van der Waals surface area contributed by atoms with E-state index in [0.29, 0.717) is 5.92 Å². The first-order chi connectivity index (χ1) is 7.81. The third kappa shape index (κ3) is 2.63. The van der Waals surface area contributed by atoms with Crippen molar-refractivity contribution in [3.05, 3.63) is 35.9 Å². The zero-order valence-corrected chi connectivity index (χ0v) is 10.1. The van der Waals surface area contributed by atoms with Crippen LogP contribution in [0.25, 0.3) is 0 Å². The highest BCUT2D eigenvalue weighted by Crippen LogP contribution is 2.31. The molecule has 0 aliphatic carbocycles. The Morgan fingerprint density at radius 2 is 1.88 bits per heavy atom. The lowest BCUT2D eigenvalue weighted by atomic mass is 9.80. The standard InChI is InChI=1S/C14H22N2/c1-16-9-7-13(8-10-16)14(11-15)12-5-3-2-4-6-12/h2-6,13-14H,7-11,15H2,1H3/t14-/m1/s1. The van der Waals surface area contributed by atoms with E-state index in [1.54, 1.807) is 0 Å². The van der Waals surface area contributed by atoms with Crippen LogP contribution in [0.1, 0.15) is 24.3 Å². The van der Waals surface area contributed by atoms with Crippen LogP contribution in [-0.2, 0) is 0 Å². The van der Waals surface area contributed by atoms with Gasteiger partial charge in [0.05, 0.1) is 0 Å². The molecule has 0 unspecified atom stereocenters. The number of rotatable bonds is 3. The summed E-state index contributed by atoms with van der Waals surface area (Å²) in [6, 6.07) is 10.7. The van der Waals surface area contributed by atoms with Gasteiger partial charge in [0.25, 0.3) is 0 Å². The monoisotopic (exact) mass is 218 g/mol. The Kier molecular flexibility index (Phi) is 3.97. The largest absolute Gasteiger partial charge is 0.330 e.